The number of nitrogens with zero attached hydrogens (tertiary/aromatic N) is 3. The predicted molar refractivity (Wildman–Crippen MR) is 95.0 cm³/mol. The average molecular weight is 346 g/mol. The van der Waals surface area contributed by atoms with E-state index in [1.54, 1.807) is 0 Å². The largest absolute Gasteiger partial charge is 0.444 e. The first-order chi connectivity index (χ1) is 11.9. The van der Waals surface area contributed by atoms with E-state index in [9.17, 15) is 4.79 Å². The quantitative estimate of drug-likeness (QED) is 0.488. The van der Waals surface area contributed by atoms with E-state index in [0.717, 1.165) is 12.0 Å². The summed E-state index contributed by atoms with van der Waals surface area (Å²) in [6.45, 7) is 5.95. The third-order valence-electron chi connectivity index (χ3n) is 4.00. The Bertz CT molecular complexity index is 608. The van der Waals surface area contributed by atoms with Gasteiger partial charge >= 0.3 is 6.09 Å². The first-order valence-corrected chi connectivity index (χ1v) is 8.56. The van der Waals surface area contributed by atoms with Gasteiger partial charge in [0.1, 0.15) is 5.60 Å². The first-order valence-electron chi connectivity index (χ1n) is 8.56. The molecule has 0 radical (unpaired) electrons. The fraction of sp³-hybridized carbons (Fsp3) is 0.611. The molecule has 0 saturated heterocycles. The molecule has 0 bridgehead atoms. The number of alkyl carbamates (subject to hydrolysis) is 1. The van der Waals surface area contributed by atoms with E-state index < -0.39 is 11.7 Å². The molecule has 3 atom stereocenters. The van der Waals surface area contributed by atoms with Crippen LogP contribution in [0.3, 0.4) is 0 Å². The number of rotatable bonds is 5. The number of nitrogens with one attached hydrogen (secondary N) is 1. The van der Waals surface area contributed by atoms with Crippen LogP contribution in [-0.2, 0) is 16.1 Å². The van der Waals surface area contributed by atoms with Crippen molar-refractivity contribution < 1.29 is 14.3 Å². The highest BCUT2D eigenvalue weighted by molar-refractivity contribution is 5.68. The van der Waals surface area contributed by atoms with Crippen LogP contribution in [0, 0.1) is 0 Å². The molecule has 7 heteroatoms. The molecule has 2 rings (SSSR count). The van der Waals surface area contributed by atoms with Gasteiger partial charge in [-0.05, 0) is 51.1 Å². The van der Waals surface area contributed by atoms with Crippen LogP contribution in [0.4, 0.5) is 4.79 Å². The monoisotopic (exact) mass is 346 g/mol. The van der Waals surface area contributed by atoms with Gasteiger partial charge in [-0.15, -0.1) is 0 Å². The highest BCUT2D eigenvalue weighted by Gasteiger charge is 2.32. The molecule has 25 heavy (non-hydrogen) atoms. The molecule has 136 valence electrons. The van der Waals surface area contributed by atoms with Crippen molar-refractivity contribution in [1.82, 2.24) is 5.32 Å². The van der Waals surface area contributed by atoms with Crippen LogP contribution in [-0.4, -0.2) is 29.9 Å². The first kappa shape index (κ1) is 19.1. The maximum atomic E-state index is 12.1. The van der Waals surface area contributed by atoms with Gasteiger partial charge in [0.05, 0.1) is 18.8 Å². The van der Waals surface area contributed by atoms with Gasteiger partial charge in [0.25, 0.3) is 0 Å². The summed E-state index contributed by atoms with van der Waals surface area (Å²) in [7, 11) is 0. The summed E-state index contributed by atoms with van der Waals surface area (Å²) in [5.41, 5.74) is 9.29. The van der Waals surface area contributed by atoms with Crippen molar-refractivity contribution >= 4 is 6.09 Å². The summed E-state index contributed by atoms with van der Waals surface area (Å²) in [5.74, 6) is 0. The number of carbonyl (C=O) groups excluding carboxylic acids is 1. The minimum Gasteiger partial charge on any atom is -0.444 e. The number of ether oxygens (including phenoxy) is 2. The number of benzene rings is 1. The lowest BCUT2D eigenvalue weighted by Crippen LogP contribution is -2.49. The van der Waals surface area contributed by atoms with Crippen molar-refractivity contribution in [3.63, 3.8) is 0 Å². The molecule has 0 heterocycles. The van der Waals surface area contributed by atoms with E-state index in [4.69, 9.17) is 15.0 Å². The summed E-state index contributed by atoms with van der Waals surface area (Å²) in [4.78, 5) is 15.0. The molecule has 0 aliphatic heterocycles. The molecule has 1 aliphatic rings. The Kier molecular flexibility index (Phi) is 6.67. The van der Waals surface area contributed by atoms with Crippen LogP contribution in [0.25, 0.3) is 10.4 Å². The molecule has 1 aromatic rings. The third-order valence-corrected chi connectivity index (χ3v) is 4.00. The predicted octanol–water partition coefficient (Wildman–Crippen LogP) is 4.33. The highest BCUT2D eigenvalue weighted by Crippen LogP contribution is 2.25. The van der Waals surface area contributed by atoms with Crippen molar-refractivity contribution in [3.8, 4) is 0 Å². The van der Waals surface area contributed by atoms with Crippen LogP contribution in [0.1, 0.15) is 45.6 Å². The molecular formula is C18H26N4O3. The summed E-state index contributed by atoms with van der Waals surface area (Å²) in [6, 6.07) is 9.38. The molecule has 1 fully saturated rings. The zero-order chi connectivity index (χ0) is 18.3. The second-order valence-electron chi connectivity index (χ2n) is 7.26. The number of hydrogen-bond donors (Lipinski definition) is 1. The SMILES string of the molecule is CC(C)(C)OC(=O)NC1CC(OCc2ccccc2)CCC1N=[N+]=[N-]. The van der Waals surface area contributed by atoms with Crippen molar-refractivity contribution in [2.75, 3.05) is 0 Å². The van der Waals surface area contributed by atoms with Gasteiger partial charge in [0.15, 0.2) is 0 Å². The molecule has 1 saturated carbocycles. The number of hydrogen-bond acceptors (Lipinski definition) is 4. The molecule has 1 amide bonds. The number of amides is 1. The molecular weight excluding hydrogens is 320 g/mol. The number of carbonyl (C=O) groups is 1. The fourth-order valence-corrected chi connectivity index (χ4v) is 2.87. The average Bonchev–Trinajstić information content (AvgIpc) is 2.54. The molecule has 1 aliphatic carbocycles. The Morgan fingerprint density at radius 1 is 1.32 bits per heavy atom. The van der Waals surface area contributed by atoms with Crippen molar-refractivity contribution in [2.24, 2.45) is 5.11 Å². The zero-order valence-electron chi connectivity index (χ0n) is 15.0. The van der Waals surface area contributed by atoms with E-state index in [2.05, 4.69) is 15.3 Å². The van der Waals surface area contributed by atoms with Crippen LogP contribution in [0.15, 0.2) is 35.4 Å². The molecule has 1 aromatic carbocycles. The van der Waals surface area contributed by atoms with Crippen LogP contribution in [0.2, 0.25) is 0 Å². The van der Waals surface area contributed by atoms with E-state index in [-0.39, 0.29) is 18.2 Å². The topological polar surface area (TPSA) is 96.3 Å². The van der Waals surface area contributed by atoms with Gasteiger partial charge < -0.3 is 14.8 Å². The Morgan fingerprint density at radius 2 is 2.04 bits per heavy atom. The molecule has 0 spiro atoms. The van der Waals surface area contributed by atoms with Gasteiger partial charge in [-0.3, -0.25) is 0 Å². The van der Waals surface area contributed by atoms with Crippen LogP contribution < -0.4 is 5.32 Å². The Balaban J connectivity index is 1.93. The maximum Gasteiger partial charge on any atom is 0.407 e. The summed E-state index contributed by atoms with van der Waals surface area (Å²) in [5, 5.41) is 6.65. The van der Waals surface area contributed by atoms with Crippen LogP contribution in [0.5, 0.6) is 0 Å². The molecule has 3 unspecified atom stereocenters. The smallest absolute Gasteiger partial charge is 0.407 e. The van der Waals surface area contributed by atoms with E-state index in [1.165, 1.54) is 0 Å². The fourth-order valence-electron chi connectivity index (χ4n) is 2.87. The van der Waals surface area contributed by atoms with E-state index in [1.807, 2.05) is 51.1 Å². The highest BCUT2D eigenvalue weighted by atomic mass is 16.6. The Hall–Kier alpha value is -2.24. The van der Waals surface area contributed by atoms with Gasteiger partial charge in [-0.25, -0.2) is 4.79 Å². The van der Waals surface area contributed by atoms with Crippen LogP contribution >= 0.6 is 0 Å². The summed E-state index contributed by atoms with van der Waals surface area (Å²) >= 11 is 0. The Morgan fingerprint density at radius 3 is 2.68 bits per heavy atom. The molecule has 0 aromatic heterocycles. The lowest BCUT2D eigenvalue weighted by Gasteiger charge is -2.34. The van der Waals surface area contributed by atoms with Gasteiger partial charge in [0.2, 0.25) is 0 Å². The van der Waals surface area contributed by atoms with Gasteiger partial charge in [0, 0.05) is 11.0 Å². The summed E-state index contributed by atoms with van der Waals surface area (Å²) in [6.07, 6.45) is 1.56. The zero-order valence-corrected chi connectivity index (χ0v) is 15.0. The minimum absolute atomic E-state index is 0.00489. The van der Waals surface area contributed by atoms with Gasteiger partial charge in [-0.1, -0.05) is 35.4 Å². The number of azide groups is 1. The lowest BCUT2D eigenvalue weighted by molar-refractivity contribution is 0.00112. The van der Waals surface area contributed by atoms with Crippen molar-refractivity contribution in [3.05, 3.63) is 46.3 Å². The van der Waals surface area contributed by atoms with Crippen molar-refractivity contribution in [2.45, 2.75) is 70.4 Å². The maximum absolute atomic E-state index is 12.1. The van der Waals surface area contributed by atoms with Gasteiger partial charge in [-0.2, -0.15) is 0 Å². The second-order valence-corrected chi connectivity index (χ2v) is 7.26. The van der Waals surface area contributed by atoms with E-state index >= 15 is 0 Å². The Labute approximate surface area is 148 Å². The second kappa shape index (κ2) is 8.74. The lowest BCUT2D eigenvalue weighted by atomic mass is 9.88. The van der Waals surface area contributed by atoms with Crippen molar-refractivity contribution in [1.29, 1.82) is 0 Å². The van der Waals surface area contributed by atoms with E-state index in [0.29, 0.717) is 19.4 Å². The normalized spacial score (nSPS) is 23.4. The summed E-state index contributed by atoms with van der Waals surface area (Å²) < 4.78 is 11.3. The minimum atomic E-state index is -0.573. The molecule has 7 nitrogen and oxygen atoms in total. The third kappa shape index (κ3) is 6.64. The molecule has 1 N–H and O–H groups in total. The standard InChI is InChI=1S/C18H26N4O3/c1-18(2,3)25-17(23)20-16-11-14(9-10-15(16)21-22-19)24-12-13-7-5-4-6-8-13/h4-8,14-16H,9-12H2,1-3H3,(H,20,23).